The second kappa shape index (κ2) is 7.47. The third kappa shape index (κ3) is 3.55. The molecule has 0 unspecified atom stereocenters. The SMILES string of the molecule is Cc1nc(C)c(C(=O)OCC(=O)N(CCC#N)C23CC4CC(CC(C4)C2)C3)s1. The first-order chi connectivity index (χ1) is 13.4. The van der Waals surface area contributed by atoms with Gasteiger partial charge < -0.3 is 9.64 Å². The molecule has 4 aliphatic rings. The Morgan fingerprint density at radius 3 is 2.32 bits per heavy atom. The summed E-state index contributed by atoms with van der Waals surface area (Å²) in [6.07, 6.45) is 7.30. The number of amides is 1. The van der Waals surface area contributed by atoms with Gasteiger partial charge in [0.2, 0.25) is 0 Å². The van der Waals surface area contributed by atoms with Crippen molar-refractivity contribution in [2.45, 2.75) is 64.3 Å². The molecule has 4 fully saturated rings. The van der Waals surface area contributed by atoms with Crippen LogP contribution in [0.4, 0.5) is 0 Å². The summed E-state index contributed by atoms with van der Waals surface area (Å²) in [6, 6.07) is 2.18. The summed E-state index contributed by atoms with van der Waals surface area (Å²) in [6.45, 7) is 3.78. The van der Waals surface area contributed by atoms with Crippen LogP contribution in [0.3, 0.4) is 0 Å². The second-order valence-electron chi connectivity index (χ2n) is 8.82. The van der Waals surface area contributed by atoms with E-state index in [0.29, 0.717) is 41.3 Å². The van der Waals surface area contributed by atoms with E-state index in [0.717, 1.165) is 24.3 Å². The average molecular weight is 402 g/mol. The third-order valence-electron chi connectivity index (χ3n) is 6.74. The molecule has 4 bridgehead atoms. The highest BCUT2D eigenvalue weighted by molar-refractivity contribution is 7.13. The predicted octanol–water partition coefficient (Wildman–Crippen LogP) is 3.63. The van der Waals surface area contributed by atoms with E-state index < -0.39 is 5.97 Å². The van der Waals surface area contributed by atoms with Gasteiger partial charge in [0.15, 0.2) is 6.61 Å². The Balaban J connectivity index is 1.47. The van der Waals surface area contributed by atoms with Gasteiger partial charge in [-0.25, -0.2) is 9.78 Å². The van der Waals surface area contributed by atoms with Crippen LogP contribution >= 0.6 is 11.3 Å². The van der Waals surface area contributed by atoms with Crippen LogP contribution in [-0.2, 0) is 9.53 Å². The van der Waals surface area contributed by atoms with E-state index in [1.807, 2.05) is 11.8 Å². The molecule has 0 radical (unpaired) electrons. The number of thiazole rings is 1. The zero-order chi connectivity index (χ0) is 19.9. The van der Waals surface area contributed by atoms with Gasteiger partial charge in [-0.15, -0.1) is 11.3 Å². The molecule has 0 aromatic carbocycles. The first kappa shape index (κ1) is 19.4. The van der Waals surface area contributed by atoms with Crippen molar-refractivity contribution in [3.8, 4) is 6.07 Å². The number of hydrogen-bond donors (Lipinski definition) is 0. The molecule has 0 aliphatic heterocycles. The Labute approximate surface area is 169 Å². The van der Waals surface area contributed by atoms with Gasteiger partial charge in [-0.1, -0.05) is 0 Å². The maximum atomic E-state index is 13.1. The van der Waals surface area contributed by atoms with Crippen LogP contribution < -0.4 is 0 Å². The zero-order valence-electron chi connectivity index (χ0n) is 16.6. The summed E-state index contributed by atoms with van der Waals surface area (Å²) >= 11 is 1.29. The quantitative estimate of drug-likeness (QED) is 0.680. The molecule has 7 heteroatoms. The lowest BCUT2D eigenvalue weighted by atomic mass is 9.52. The van der Waals surface area contributed by atoms with Crippen molar-refractivity contribution in [1.29, 1.82) is 5.26 Å². The molecule has 0 atom stereocenters. The topological polar surface area (TPSA) is 83.3 Å². The fraction of sp³-hybridized carbons (Fsp3) is 0.714. The Morgan fingerprint density at radius 2 is 1.82 bits per heavy atom. The summed E-state index contributed by atoms with van der Waals surface area (Å²) in [5.74, 6) is 1.46. The van der Waals surface area contributed by atoms with Crippen molar-refractivity contribution in [3.05, 3.63) is 15.6 Å². The number of esters is 1. The minimum Gasteiger partial charge on any atom is -0.451 e. The van der Waals surface area contributed by atoms with Crippen LogP contribution in [-0.4, -0.2) is 40.5 Å². The van der Waals surface area contributed by atoms with Gasteiger partial charge in [0, 0.05) is 12.1 Å². The average Bonchev–Trinajstić information content (AvgIpc) is 2.97. The van der Waals surface area contributed by atoms with Gasteiger partial charge in [0.05, 0.1) is 23.2 Å². The number of nitriles is 1. The van der Waals surface area contributed by atoms with Crippen LogP contribution in [0.2, 0.25) is 0 Å². The predicted molar refractivity (Wildman–Crippen MR) is 105 cm³/mol. The van der Waals surface area contributed by atoms with Gasteiger partial charge in [0.25, 0.3) is 5.91 Å². The molecular formula is C21H27N3O3S. The van der Waals surface area contributed by atoms with E-state index in [1.165, 1.54) is 30.6 Å². The molecule has 1 amide bonds. The highest BCUT2D eigenvalue weighted by atomic mass is 32.1. The van der Waals surface area contributed by atoms with E-state index in [9.17, 15) is 9.59 Å². The molecule has 0 saturated heterocycles. The zero-order valence-corrected chi connectivity index (χ0v) is 17.4. The maximum Gasteiger partial charge on any atom is 0.350 e. The lowest BCUT2D eigenvalue weighted by Crippen LogP contribution is -2.62. The first-order valence-corrected chi connectivity index (χ1v) is 11.0. The van der Waals surface area contributed by atoms with Crippen LogP contribution in [0.1, 0.15) is 65.3 Å². The summed E-state index contributed by atoms with van der Waals surface area (Å²) in [5.41, 5.74) is 0.508. The minimum atomic E-state index is -0.484. The lowest BCUT2D eigenvalue weighted by Gasteiger charge is -2.60. The summed E-state index contributed by atoms with van der Waals surface area (Å²) < 4.78 is 5.37. The van der Waals surface area contributed by atoms with E-state index in [2.05, 4.69) is 11.1 Å². The molecule has 4 saturated carbocycles. The maximum absolute atomic E-state index is 13.1. The van der Waals surface area contributed by atoms with Gasteiger partial charge in [0.1, 0.15) is 4.88 Å². The minimum absolute atomic E-state index is 0.133. The van der Waals surface area contributed by atoms with Crippen molar-refractivity contribution in [2.75, 3.05) is 13.2 Å². The van der Waals surface area contributed by atoms with E-state index in [1.54, 1.807) is 6.92 Å². The Hall–Kier alpha value is -1.94. The number of carbonyl (C=O) groups excluding carboxylic acids is 2. The Kier molecular flexibility index (Phi) is 5.17. The number of aryl methyl sites for hydroxylation is 2. The number of carbonyl (C=O) groups is 2. The normalized spacial score (nSPS) is 30.1. The van der Waals surface area contributed by atoms with E-state index >= 15 is 0 Å². The molecule has 28 heavy (non-hydrogen) atoms. The molecule has 4 aliphatic carbocycles. The number of hydrogen-bond acceptors (Lipinski definition) is 6. The summed E-state index contributed by atoms with van der Waals surface area (Å²) in [4.78, 5) is 32.1. The molecular weight excluding hydrogens is 374 g/mol. The van der Waals surface area contributed by atoms with Gasteiger partial charge in [-0.3, -0.25) is 4.79 Å². The van der Waals surface area contributed by atoms with Gasteiger partial charge >= 0.3 is 5.97 Å². The monoisotopic (exact) mass is 401 g/mol. The number of ether oxygens (including phenoxy) is 1. The summed E-state index contributed by atoms with van der Waals surface area (Å²) in [5, 5.41) is 9.90. The van der Waals surface area contributed by atoms with Gasteiger partial charge in [-0.05, 0) is 70.1 Å². The highest BCUT2D eigenvalue weighted by Gasteiger charge is 2.54. The molecule has 1 aromatic rings. The van der Waals surface area contributed by atoms with Crippen molar-refractivity contribution < 1.29 is 14.3 Å². The number of nitrogens with zero attached hydrogens (tertiary/aromatic N) is 3. The number of aromatic nitrogens is 1. The Morgan fingerprint density at radius 1 is 1.21 bits per heavy atom. The molecule has 6 nitrogen and oxygen atoms in total. The standard InChI is InChI=1S/C21H27N3O3S/c1-13-19(28-14(2)23-13)20(26)27-12-18(25)24(5-3-4-22)21-9-15-6-16(10-21)8-17(7-15)11-21/h15-17H,3,5-12H2,1-2H3. The summed E-state index contributed by atoms with van der Waals surface area (Å²) in [7, 11) is 0. The van der Waals surface area contributed by atoms with Crippen molar-refractivity contribution in [3.63, 3.8) is 0 Å². The number of rotatable bonds is 6. The fourth-order valence-corrected chi connectivity index (χ4v) is 6.99. The van der Waals surface area contributed by atoms with Crippen LogP contribution in [0.5, 0.6) is 0 Å². The van der Waals surface area contributed by atoms with Gasteiger partial charge in [-0.2, -0.15) is 5.26 Å². The third-order valence-corrected chi connectivity index (χ3v) is 7.80. The molecule has 0 N–H and O–H groups in total. The highest BCUT2D eigenvalue weighted by Crippen LogP contribution is 2.57. The van der Waals surface area contributed by atoms with E-state index in [-0.39, 0.29) is 18.1 Å². The molecule has 0 spiro atoms. The van der Waals surface area contributed by atoms with Crippen LogP contribution in [0.25, 0.3) is 0 Å². The second-order valence-corrected chi connectivity index (χ2v) is 10.0. The molecule has 5 rings (SSSR count). The van der Waals surface area contributed by atoms with Crippen molar-refractivity contribution in [2.24, 2.45) is 17.8 Å². The first-order valence-electron chi connectivity index (χ1n) is 10.2. The van der Waals surface area contributed by atoms with Crippen LogP contribution in [0.15, 0.2) is 0 Å². The molecule has 1 aromatic heterocycles. The fourth-order valence-electron chi connectivity index (χ4n) is 6.18. The van der Waals surface area contributed by atoms with Crippen LogP contribution in [0, 0.1) is 42.9 Å². The Bertz CT molecular complexity index is 790. The van der Waals surface area contributed by atoms with E-state index in [4.69, 9.17) is 10.00 Å². The van der Waals surface area contributed by atoms with Crippen molar-refractivity contribution in [1.82, 2.24) is 9.88 Å². The smallest absolute Gasteiger partial charge is 0.350 e. The molecule has 1 heterocycles. The van der Waals surface area contributed by atoms with Crippen molar-refractivity contribution >= 4 is 23.2 Å². The lowest BCUT2D eigenvalue weighted by molar-refractivity contribution is -0.153. The largest absolute Gasteiger partial charge is 0.451 e. The molecule has 150 valence electrons.